The van der Waals surface area contributed by atoms with Gasteiger partial charge in [0.15, 0.2) is 0 Å². The predicted molar refractivity (Wildman–Crippen MR) is 85.9 cm³/mol. The van der Waals surface area contributed by atoms with Gasteiger partial charge < -0.3 is 10.7 Å². The Morgan fingerprint density at radius 1 is 1.20 bits per heavy atom. The van der Waals surface area contributed by atoms with E-state index in [1.165, 1.54) is 5.56 Å². The monoisotopic (exact) mass is 349 g/mol. The van der Waals surface area contributed by atoms with Gasteiger partial charge in [-0.15, -0.1) is 0 Å². The number of nitrogens with two attached hydrogens (primary N) is 1. The van der Waals surface area contributed by atoms with Gasteiger partial charge in [-0.25, -0.2) is 4.98 Å². The largest absolute Gasteiger partial charge is 0.341 e. The molecule has 0 bridgehead atoms. The third kappa shape index (κ3) is 2.87. The molecule has 0 saturated carbocycles. The lowest BCUT2D eigenvalue weighted by Gasteiger charge is -2.08. The lowest BCUT2D eigenvalue weighted by atomic mass is 10.1. The van der Waals surface area contributed by atoms with Crippen LogP contribution in [0.5, 0.6) is 0 Å². The molecular formula is C15H13BrClN3. The topological polar surface area (TPSA) is 54.7 Å². The summed E-state index contributed by atoms with van der Waals surface area (Å²) in [6, 6.07) is 13.6. The standard InChI is InChI=1S/C15H13BrClN3/c16-10-3-1-9(2-4-10)7-12(18)15-19-13-6-5-11(17)8-14(13)20-15/h1-6,8,12H,7,18H2,(H,19,20)/t12-/m1/s1. The number of hydrogen-bond donors (Lipinski definition) is 2. The van der Waals surface area contributed by atoms with E-state index < -0.39 is 0 Å². The van der Waals surface area contributed by atoms with Crippen molar-refractivity contribution < 1.29 is 0 Å². The number of fused-ring (bicyclic) bond motifs is 1. The lowest BCUT2D eigenvalue weighted by molar-refractivity contribution is 0.680. The zero-order valence-electron chi connectivity index (χ0n) is 10.6. The first kappa shape index (κ1) is 13.6. The van der Waals surface area contributed by atoms with Crippen LogP contribution in [0.3, 0.4) is 0 Å². The summed E-state index contributed by atoms with van der Waals surface area (Å²) >= 11 is 9.39. The van der Waals surface area contributed by atoms with E-state index in [0.29, 0.717) is 5.02 Å². The van der Waals surface area contributed by atoms with Gasteiger partial charge in [-0.1, -0.05) is 39.7 Å². The average molecular weight is 351 g/mol. The van der Waals surface area contributed by atoms with Crippen molar-refractivity contribution in [3.63, 3.8) is 0 Å². The quantitative estimate of drug-likeness (QED) is 0.743. The van der Waals surface area contributed by atoms with Gasteiger partial charge in [-0.2, -0.15) is 0 Å². The molecule has 0 unspecified atom stereocenters. The summed E-state index contributed by atoms with van der Waals surface area (Å²) in [5.74, 6) is 0.783. The smallest absolute Gasteiger partial charge is 0.124 e. The maximum absolute atomic E-state index is 6.23. The Balaban J connectivity index is 1.84. The molecule has 1 atom stereocenters. The highest BCUT2D eigenvalue weighted by Gasteiger charge is 2.12. The van der Waals surface area contributed by atoms with Crippen LogP contribution in [0, 0.1) is 0 Å². The molecule has 3 nitrogen and oxygen atoms in total. The van der Waals surface area contributed by atoms with Crippen molar-refractivity contribution in [1.82, 2.24) is 9.97 Å². The molecule has 0 aliphatic carbocycles. The van der Waals surface area contributed by atoms with Gasteiger partial charge in [0.1, 0.15) is 5.82 Å². The van der Waals surface area contributed by atoms with Crippen molar-refractivity contribution in [1.29, 1.82) is 0 Å². The van der Waals surface area contributed by atoms with Gasteiger partial charge in [0, 0.05) is 9.50 Å². The van der Waals surface area contributed by atoms with E-state index in [4.69, 9.17) is 17.3 Å². The second kappa shape index (κ2) is 5.56. The van der Waals surface area contributed by atoms with E-state index in [0.717, 1.165) is 27.8 Å². The Morgan fingerprint density at radius 2 is 1.95 bits per heavy atom. The van der Waals surface area contributed by atoms with Gasteiger partial charge in [0.05, 0.1) is 17.1 Å². The number of imidazole rings is 1. The molecule has 0 spiro atoms. The molecule has 2 aromatic carbocycles. The second-order valence-electron chi connectivity index (χ2n) is 4.72. The molecule has 1 heterocycles. The van der Waals surface area contributed by atoms with Crippen LogP contribution in [0.1, 0.15) is 17.4 Å². The normalized spacial score (nSPS) is 12.8. The third-order valence-corrected chi connectivity index (χ3v) is 3.95. The zero-order valence-corrected chi connectivity index (χ0v) is 12.9. The highest BCUT2D eigenvalue weighted by atomic mass is 79.9. The fourth-order valence-corrected chi connectivity index (χ4v) is 2.58. The Kier molecular flexibility index (Phi) is 3.78. The van der Waals surface area contributed by atoms with Crippen molar-refractivity contribution >= 4 is 38.6 Å². The number of nitrogens with zero attached hydrogens (tertiary/aromatic N) is 1. The van der Waals surface area contributed by atoms with E-state index in [1.807, 2.05) is 30.3 Å². The van der Waals surface area contributed by atoms with Crippen LogP contribution in [0.2, 0.25) is 5.02 Å². The number of aromatic amines is 1. The molecule has 0 radical (unpaired) electrons. The number of benzene rings is 2. The van der Waals surface area contributed by atoms with Gasteiger partial charge in [0.2, 0.25) is 0 Å². The number of rotatable bonds is 3. The number of aromatic nitrogens is 2. The van der Waals surface area contributed by atoms with Crippen LogP contribution in [-0.4, -0.2) is 9.97 Å². The van der Waals surface area contributed by atoms with Crippen molar-refractivity contribution in [3.05, 3.63) is 63.3 Å². The fraction of sp³-hybridized carbons (Fsp3) is 0.133. The number of nitrogens with one attached hydrogen (secondary N) is 1. The first-order chi connectivity index (χ1) is 9.61. The first-order valence-corrected chi connectivity index (χ1v) is 7.44. The molecule has 0 fully saturated rings. The van der Waals surface area contributed by atoms with Crippen LogP contribution in [0.25, 0.3) is 11.0 Å². The van der Waals surface area contributed by atoms with Crippen LogP contribution < -0.4 is 5.73 Å². The summed E-state index contributed by atoms with van der Waals surface area (Å²) in [5, 5.41) is 0.689. The molecule has 0 aliphatic rings. The summed E-state index contributed by atoms with van der Waals surface area (Å²) in [7, 11) is 0. The molecule has 0 saturated heterocycles. The minimum absolute atomic E-state index is 0.164. The SMILES string of the molecule is N[C@H](Cc1ccc(Br)cc1)c1nc2ccc(Cl)cc2[nH]1. The minimum Gasteiger partial charge on any atom is -0.341 e. The second-order valence-corrected chi connectivity index (χ2v) is 6.07. The number of halogens is 2. The van der Waals surface area contributed by atoms with E-state index in [9.17, 15) is 0 Å². The van der Waals surface area contributed by atoms with Crippen LogP contribution in [-0.2, 0) is 6.42 Å². The Labute approximate surface area is 130 Å². The summed E-state index contributed by atoms with van der Waals surface area (Å²) in [6.45, 7) is 0. The molecule has 5 heteroatoms. The average Bonchev–Trinajstić information content (AvgIpc) is 2.84. The molecule has 3 N–H and O–H groups in total. The van der Waals surface area contributed by atoms with Crippen molar-refractivity contribution in [2.24, 2.45) is 5.73 Å². The zero-order chi connectivity index (χ0) is 14.1. The molecule has 102 valence electrons. The fourth-order valence-electron chi connectivity index (χ4n) is 2.15. The Hall–Kier alpha value is -1.36. The highest BCUT2D eigenvalue weighted by molar-refractivity contribution is 9.10. The van der Waals surface area contributed by atoms with E-state index in [1.54, 1.807) is 0 Å². The minimum atomic E-state index is -0.164. The molecule has 3 aromatic rings. The van der Waals surface area contributed by atoms with Gasteiger partial charge in [-0.3, -0.25) is 0 Å². The van der Waals surface area contributed by atoms with Gasteiger partial charge in [0.25, 0.3) is 0 Å². The Morgan fingerprint density at radius 3 is 2.70 bits per heavy atom. The van der Waals surface area contributed by atoms with Crippen LogP contribution in [0.4, 0.5) is 0 Å². The first-order valence-electron chi connectivity index (χ1n) is 6.27. The van der Waals surface area contributed by atoms with Crippen LogP contribution in [0.15, 0.2) is 46.9 Å². The van der Waals surface area contributed by atoms with E-state index >= 15 is 0 Å². The Bertz CT molecular complexity index is 736. The number of hydrogen-bond acceptors (Lipinski definition) is 2. The summed E-state index contributed by atoms with van der Waals surface area (Å²) in [4.78, 5) is 7.76. The molecular weight excluding hydrogens is 338 g/mol. The molecule has 0 amide bonds. The predicted octanol–water partition coefficient (Wildman–Crippen LogP) is 4.22. The van der Waals surface area contributed by atoms with E-state index in [2.05, 4.69) is 38.0 Å². The van der Waals surface area contributed by atoms with Gasteiger partial charge in [-0.05, 0) is 42.3 Å². The summed E-state index contributed by atoms with van der Waals surface area (Å²) in [6.07, 6.45) is 0.737. The van der Waals surface area contributed by atoms with Crippen molar-refractivity contribution in [2.75, 3.05) is 0 Å². The third-order valence-electron chi connectivity index (χ3n) is 3.18. The lowest BCUT2D eigenvalue weighted by Crippen LogP contribution is -2.14. The molecule has 1 aromatic heterocycles. The molecule has 20 heavy (non-hydrogen) atoms. The number of H-pyrrole nitrogens is 1. The maximum Gasteiger partial charge on any atom is 0.124 e. The van der Waals surface area contributed by atoms with Crippen molar-refractivity contribution in [3.8, 4) is 0 Å². The van der Waals surface area contributed by atoms with Crippen molar-refractivity contribution in [2.45, 2.75) is 12.5 Å². The maximum atomic E-state index is 6.23. The van der Waals surface area contributed by atoms with Gasteiger partial charge >= 0.3 is 0 Å². The molecule has 0 aliphatic heterocycles. The summed E-state index contributed by atoms with van der Waals surface area (Å²) < 4.78 is 1.06. The molecule has 3 rings (SSSR count). The van der Waals surface area contributed by atoms with E-state index in [-0.39, 0.29) is 6.04 Å². The summed E-state index contributed by atoms with van der Waals surface area (Å²) in [5.41, 5.74) is 9.21. The highest BCUT2D eigenvalue weighted by Crippen LogP contribution is 2.21. The van der Waals surface area contributed by atoms with Crippen LogP contribution >= 0.6 is 27.5 Å².